The number of nitrogens with zero attached hydrogens (tertiary/aromatic N) is 3. The van der Waals surface area contributed by atoms with E-state index >= 15 is 0 Å². The van der Waals surface area contributed by atoms with Crippen molar-refractivity contribution < 1.29 is 14.4 Å². The molecule has 0 bridgehead atoms. The zero-order valence-corrected chi connectivity index (χ0v) is 22.8. The fourth-order valence-corrected chi connectivity index (χ4v) is 6.76. The lowest BCUT2D eigenvalue weighted by Crippen LogP contribution is -2.49. The molecule has 2 aromatic carbocycles. The Hall–Kier alpha value is -4.23. The van der Waals surface area contributed by atoms with Gasteiger partial charge in [0.1, 0.15) is 11.9 Å². The number of hydrogen-bond acceptors (Lipinski definition) is 6. The SMILES string of the molecule is CN=C(N)C1(C[C@H](C)NCC(=O)N2[C@H](C#N)C[C@@H]3C[C@@H]32)c2ccc(C(N)=O)cc2CCc2cc(C(N)=O)ccc21. The molecule has 10 heteroatoms. The molecule has 0 radical (unpaired) electrons. The lowest BCUT2D eigenvalue weighted by molar-refractivity contribution is -0.131. The Bertz CT molecular complexity index is 1390. The van der Waals surface area contributed by atoms with Gasteiger partial charge in [-0.3, -0.25) is 19.4 Å². The summed E-state index contributed by atoms with van der Waals surface area (Å²) in [6.07, 6.45) is 3.36. The second kappa shape index (κ2) is 10.4. The van der Waals surface area contributed by atoms with Crippen molar-refractivity contribution in [1.29, 1.82) is 5.26 Å². The summed E-state index contributed by atoms with van der Waals surface area (Å²) in [4.78, 5) is 43.4. The van der Waals surface area contributed by atoms with Gasteiger partial charge in [0.25, 0.3) is 0 Å². The molecule has 0 aromatic heterocycles. The van der Waals surface area contributed by atoms with Crippen molar-refractivity contribution in [1.82, 2.24) is 10.2 Å². The summed E-state index contributed by atoms with van der Waals surface area (Å²) in [6.45, 7) is 2.09. The Morgan fingerprint density at radius 2 is 1.62 bits per heavy atom. The van der Waals surface area contributed by atoms with Gasteiger partial charge < -0.3 is 27.4 Å². The Kier molecular flexibility index (Phi) is 7.10. The first-order valence-corrected chi connectivity index (χ1v) is 13.6. The van der Waals surface area contributed by atoms with Crippen molar-refractivity contribution in [2.75, 3.05) is 13.6 Å². The molecular weight excluding hydrogens is 506 g/mol. The minimum atomic E-state index is -0.915. The number of hydrogen-bond donors (Lipinski definition) is 4. The molecule has 0 unspecified atom stereocenters. The van der Waals surface area contributed by atoms with Crippen LogP contribution in [0.4, 0.5) is 0 Å². The number of rotatable bonds is 8. The predicted molar refractivity (Wildman–Crippen MR) is 150 cm³/mol. The molecule has 3 amide bonds. The molecule has 208 valence electrons. The van der Waals surface area contributed by atoms with Crippen LogP contribution in [0.25, 0.3) is 0 Å². The molecule has 2 aliphatic carbocycles. The smallest absolute Gasteiger partial charge is 0.248 e. The van der Waals surface area contributed by atoms with Gasteiger partial charge in [0, 0.05) is 30.3 Å². The number of carbonyl (C=O) groups excluding carboxylic acids is 3. The number of amides is 3. The van der Waals surface area contributed by atoms with Gasteiger partial charge >= 0.3 is 0 Å². The van der Waals surface area contributed by atoms with Crippen molar-refractivity contribution in [2.45, 2.75) is 62.6 Å². The normalized spacial score (nSPS) is 23.2. The van der Waals surface area contributed by atoms with Crippen LogP contribution in [0.2, 0.25) is 0 Å². The minimum Gasteiger partial charge on any atom is -0.386 e. The highest BCUT2D eigenvalue weighted by atomic mass is 16.2. The lowest BCUT2D eigenvalue weighted by Gasteiger charge is -2.38. The van der Waals surface area contributed by atoms with E-state index in [0.717, 1.165) is 35.1 Å². The molecule has 2 aromatic rings. The van der Waals surface area contributed by atoms with E-state index in [1.54, 1.807) is 36.2 Å². The van der Waals surface area contributed by atoms with Crippen molar-refractivity contribution >= 4 is 23.6 Å². The van der Waals surface area contributed by atoms with Gasteiger partial charge in [0.2, 0.25) is 17.7 Å². The number of nitriles is 1. The summed E-state index contributed by atoms with van der Waals surface area (Å²) in [6, 6.07) is 12.7. The van der Waals surface area contributed by atoms with E-state index in [1.807, 2.05) is 19.1 Å². The molecule has 2 fully saturated rings. The number of fused-ring (bicyclic) bond motifs is 3. The highest BCUT2D eigenvalue weighted by Crippen LogP contribution is 2.48. The standard InChI is InChI=1S/C30H35N7O3/c1-16(36-15-26(38)37-22(14-31)11-21-12-25(21)37)13-30(29(34)35-2)23-7-5-19(27(32)39)9-17(23)3-4-18-10-20(28(33)40)6-8-24(18)30/h5-10,16,21-22,25,36H,3-4,11-13,15H2,1-2H3,(H2,32,39)(H2,33,40)(H2,34,35)/t16-,21+,22-,25-/m0/s1. The van der Waals surface area contributed by atoms with Crippen molar-refractivity contribution in [3.63, 3.8) is 0 Å². The molecular formula is C30H35N7O3. The molecule has 40 heavy (non-hydrogen) atoms. The maximum absolute atomic E-state index is 13.1. The third-order valence-electron chi connectivity index (χ3n) is 8.80. The summed E-state index contributed by atoms with van der Waals surface area (Å²) in [5.41, 5.74) is 21.5. The zero-order chi connectivity index (χ0) is 28.8. The van der Waals surface area contributed by atoms with E-state index in [4.69, 9.17) is 17.2 Å². The number of benzene rings is 2. The minimum absolute atomic E-state index is 0.0755. The van der Waals surface area contributed by atoms with E-state index in [0.29, 0.717) is 42.1 Å². The largest absolute Gasteiger partial charge is 0.386 e. The van der Waals surface area contributed by atoms with Gasteiger partial charge in [0.05, 0.1) is 18.0 Å². The zero-order valence-electron chi connectivity index (χ0n) is 22.8. The second-order valence-electron chi connectivity index (χ2n) is 11.2. The van der Waals surface area contributed by atoms with E-state index in [9.17, 15) is 19.6 Å². The average Bonchev–Trinajstić information content (AvgIpc) is 3.64. The highest BCUT2D eigenvalue weighted by molar-refractivity contribution is 5.98. The van der Waals surface area contributed by atoms with Gasteiger partial charge in [-0.25, -0.2) is 0 Å². The van der Waals surface area contributed by atoms with Gasteiger partial charge in [-0.05, 0) is 91.5 Å². The third kappa shape index (κ3) is 4.60. The van der Waals surface area contributed by atoms with E-state index in [-0.39, 0.29) is 30.6 Å². The van der Waals surface area contributed by atoms with Crippen LogP contribution in [0.5, 0.6) is 0 Å². The van der Waals surface area contributed by atoms with E-state index in [2.05, 4.69) is 16.4 Å². The van der Waals surface area contributed by atoms with Crippen LogP contribution in [0.3, 0.4) is 0 Å². The monoisotopic (exact) mass is 541 g/mol. The number of aliphatic imine (C=N–C) groups is 1. The van der Waals surface area contributed by atoms with Gasteiger partial charge in [0.15, 0.2) is 0 Å². The van der Waals surface area contributed by atoms with Gasteiger partial charge in [-0.2, -0.15) is 5.26 Å². The molecule has 5 rings (SSSR count). The van der Waals surface area contributed by atoms with Gasteiger partial charge in [-0.15, -0.1) is 0 Å². The summed E-state index contributed by atoms with van der Waals surface area (Å²) < 4.78 is 0. The third-order valence-corrected chi connectivity index (χ3v) is 8.80. The lowest BCUT2D eigenvalue weighted by atomic mass is 9.67. The first-order chi connectivity index (χ1) is 19.1. The summed E-state index contributed by atoms with van der Waals surface area (Å²) in [7, 11) is 1.64. The van der Waals surface area contributed by atoms with Crippen LogP contribution in [-0.4, -0.2) is 60.2 Å². The van der Waals surface area contributed by atoms with Crippen LogP contribution in [0.1, 0.15) is 69.2 Å². The molecule has 1 saturated heterocycles. The maximum Gasteiger partial charge on any atom is 0.248 e. The fraction of sp³-hybridized carbons (Fsp3) is 0.433. The Morgan fingerprint density at radius 1 is 1.05 bits per heavy atom. The molecule has 3 aliphatic rings. The van der Waals surface area contributed by atoms with E-state index < -0.39 is 17.2 Å². The van der Waals surface area contributed by atoms with Crippen molar-refractivity contribution in [3.05, 3.63) is 69.8 Å². The van der Waals surface area contributed by atoms with Crippen molar-refractivity contribution in [2.24, 2.45) is 28.1 Å². The summed E-state index contributed by atoms with van der Waals surface area (Å²) in [5, 5.41) is 12.9. The molecule has 0 spiro atoms. The van der Waals surface area contributed by atoms with E-state index in [1.165, 1.54) is 0 Å². The average molecular weight is 542 g/mol. The van der Waals surface area contributed by atoms with Crippen molar-refractivity contribution in [3.8, 4) is 6.07 Å². The predicted octanol–water partition coefficient (Wildman–Crippen LogP) is 1.14. The number of carbonyl (C=O) groups is 3. The quantitative estimate of drug-likeness (QED) is 0.287. The Labute approximate surface area is 233 Å². The first kappa shape index (κ1) is 27.3. The van der Waals surface area contributed by atoms with Crippen LogP contribution >= 0.6 is 0 Å². The Morgan fingerprint density at radius 3 is 2.12 bits per heavy atom. The number of nitrogens with one attached hydrogen (secondary N) is 1. The fourth-order valence-electron chi connectivity index (χ4n) is 6.76. The van der Waals surface area contributed by atoms with Gasteiger partial charge in [-0.1, -0.05) is 12.1 Å². The first-order valence-electron chi connectivity index (χ1n) is 13.6. The molecule has 7 N–H and O–H groups in total. The highest BCUT2D eigenvalue weighted by Gasteiger charge is 2.54. The molecule has 4 atom stereocenters. The topological polar surface area (TPSA) is 181 Å². The van der Waals surface area contributed by atoms with Crippen LogP contribution in [0, 0.1) is 17.2 Å². The van der Waals surface area contributed by atoms with Crippen LogP contribution in [0.15, 0.2) is 41.4 Å². The summed E-state index contributed by atoms with van der Waals surface area (Å²) in [5.74, 6) is -0.294. The maximum atomic E-state index is 13.1. The Balaban J connectivity index is 1.53. The molecule has 1 heterocycles. The van der Waals surface area contributed by atoms with Crippen LogP contribution in [-0.2, 0) is 23.1 Å². The molecule has 1 aliphatic heterocycles. The summed E-state index contributed by atoms with van der Waals surface area (Å²) >= 11 is 0. The number of nitrogens with two attached hydrogens (primary N) is 3. The second-order valence-corrected chi connectivity index (χ2v) is 11.2. The molecule has 1 saturated carbocycles. The number of amidine groups is 1. The molecule has 10 nitrogen and oxygen atoms in total. The number of likely N-dealkylation sites (tertiary alicyclic amines) is 1. The van der Waals surface area contributed by atoms with Crippen LogP contribution < -0.4 is 22.5 Å². The number of aryl methyl sites for hydroxylation is 2. The number of primary amides is 2. The number of piperidine rings is 1.